The van der Waals surface area contributed by atoms with E-state index < -0.39 is 5.97 Å². The fraction of sp³-hybridized carbons (Fsp3) is 0.412. The number of hydrogen-bond acceptors (Lipinski definition) is 4. The van der Waals surface area contributed by atoms with Crippen LogP contribution in [0.15, 0.2) is 58.2 Å². The second-order valence-corrected chi connectivity index (χ2v) is 11.2. The third-order valence-corrected chi connectivity index (χ3v) is 8.37. The first-order valence-corrected chi connectivity index (χ1v) is 14.6. The Kier molecular flexibility index (Phi) is 9.33. The number of allylic oxidation sites excluding steroid dienone is 1. The van der Waals surface area contributed by atoms with E-state index in [9.17, 15) is 4.79 Å². The molecule has 0 amide bonds. The Morgan fingerprint density at radius 1 is 0.976 bits per heavy atom. The number of aliphatic carboxylic acids is 1. The molecule has 0 bridgehead atoms. The van der Waals surface area contributed by atoms with Crippen molar-refractivity contribution in [2.45, 2.75) is 65.7 Å². The second-order valence-electron chi connectivity index (χ2n) is 11.2. The van der Waals surface area contributed by atoms with Crippen LogP contribution in [0.4, 0.5) is 5.69 Å². The van der Waals surface area contributed by atoms with Crippen LogP contribution in [-0.4, -0.2) is 37.3 Å². The summed E-state index contributed by atoms with van der Waals surface area (Å²) < 4.78 is 15.4. The third kappa shape index (κ3) is 6.08. The molecule has 1 aromatic carbocycles. The topological polar surface area (TPSA) is 65.9 Å². The van der Waals surface area contributed by atoms with E-state index in [1.807, 2.05) is 6.08 Å². The maximum Gasteiger partial charge on any atom is 0.303 e. The number of carbonyl (C=O) groups is 1. The minimum Gasteiger partial charge on any atom is -1.00 e. The van der Waals surface area contributed by atoms with E-state index in [0.717, 1.165) is 96.1 Å². The second kappa shape index (κ2) is 12.6. The zero-order chi connectivity index (χ0) is 28.4. The first-order chi connectivity index (χ1) is 19.2. The number of hydrogen-bond donors (Lipinski definition) is 1. The molecule has 6 nitrogen and oxygen atoms in total. The number of benzene rings is 2. The Bertz CT molecular complexity index is 1530. The van der Waals surface area contributed by atoms with Crippen molar-refractivity contribution in [1.29, 1.82) is 0 Å². The summed E-state index contributed by atoms with van der Waals surface area (Å²) in [5.41, 5.74) is 5.38. The minimum atomic E-state index is -0.722. The molecular formula is C34H41ClN2O4. The molecule has 0 spiro atoms. The highest BCUT2D eigenvalue weighted by atomic mass is 35.5. The van der Waals surface area contributed by atoms with E-state index in [4.69, 9.17) is 14.3 Å². The molecule has 0 saturated heterocycles. The SMILES string of the molecule is CCN(CC)c1ccc2c(c1)OC1=Cc3oc4cc(=[N+](CC)CCCCCC(=O)O)ccc-4cc3C(C)(C)C1=C2.[Cl-]. The molecule has 2 heterocycles. The number of carboxylic acids is 1. The van der Waals surface area contributed by atoms with Gasteiger partial charge in [0.2, 0.25) is 5.36 Å². The molecule has 1 N–H and O–H groups in total. The van der Waals surface area contributed by atoms with E-state index in [-0.39, 0.29) is 24.2 Å². The van der Waals surface area contributed by atoms with Crippen LogP contribution >= 0.6 is 0 Å². The largest absolute Gasteiger partial charge is 1.00 e. The van der Waals surface area contributed by atoms with Crippen LogP contribution in [0.2, 0.25) is 0 Å². The van der Waals surface area contributed by atoms with Crippen molar-refractivity contribution in [3.63, 3.8) is 0 Å². The molecule has 1 aromatic rings. The number of unbranched alkanes of at least 4 members (excludes halogenated alkanes) is 2. The first kappa shape index (κ1) is 30.4. The number of fused-ring (bicyclic) bond motifs is 4. The molecular weight excluding hydrogens is 536 g/mol. The molecule has 4 aliphatic rings. The lowest BCUT2D eigenvalue weighted by Crippen LogP contribution is -3.00. The number of ether oxygens (including phenoxy) is 1. The van der Waals surface area contributed by atoms with Gasteiger partial charge in [0, 0.05) is 77.5 Å². The molecule has 7 heteroatoms. The standard InChI is InChI=1S/C34H40N2O4.ClH/c1-6-35(7-2)25-15-13-23-18-27-31(39-29(23)20-25)22-32-28(34(27,4)5)19-24-14-16-26(21-30(24)40-32)36(8-3)17-11-9-10-12-33(37)38;/h13-16,18-22H,6-12,17H2,1-5H3;1H. The maximum atomic E-state index is 10.8. The van der Waals surface area contributed by atoms with Crippen molar-refractivity contribution in [3.8, 4) is 17.1 Å². The van der Waals surface area contributed by atoms with Crippen LogP contribution in [0, 0.1) is 0 Å². The highest BCUT2D eigenvalue weighted by Gasteiger charge is 2.39. The van der Waals surface area contributed by atoms with E-state index in [2.05, 4.69) is 92.6 Å². The number of carboxylic acid groups (broad SMARTS) is 1. The molecule has 2 aliphatic carbocycles. The first-order valence-electron chi connectivity index (χ1n) is 14.6. The fourth-order valence-corrected chi connectivity index (χ4v) is 5.92. The predicted octanol–water partition coefficient (Wildman–Crippen LogP) is 3.78. The summed E-state index contributed by atoms with van der Waals surface area (Å²) in [6.45, 7) is 14.6. The van der Waals surface area contributed by atoms with Gasteiger partial charge < -0.3 is 31.6 Å². The summed E-state index contributed by atoms with van der Waals surface area (Å²) >= 11 is 0. The average Bonchev–Trinajstić information content (AvgIpc) is 2.94. The third-order valence-electron chi connectivity index (χ3n) is 8.37. The Balaban J connectivity index is 0.00000387. The van der Waals surface area contributed by atoms with Crippen molar-refractivity contribution in [2.24, 2.45) is 0 Å². The molecule has 0 saturated carbocycles. The zero-order valence-corrected chi connectivity index (χ0v) is 25.6. The fourth-order valence-electron chi connectivity index (χ4n) is 5.92. The van der Waals surface area contributed by atoms with Crippen molar-refractivity contribution in [3.05, 3.63) is 76.0 Å². The van der Waals surface area contributed by atoms with Crippen molar-refractivity contribution < 1.29 is 31.5 Å². The smallest absolute Gasteiger partial charge is 0.303 e. The van der Waals surface area contributed by atoms with Gasteiger partial charge in [0.05, 0.1) is 6.07 Å². The zero-order valence-electron chi connectivity index (χ0n) is 24.8. The van der Waals surface area contributed by atoms with Gasteiger partial charge in [-0.3, -0.25) is 4.79 Å². The average molecular weight is 577 g/mol. The summed E-state index contributed by atoms with van der Waals surface area (Å²) in [6.07, 6.45) is 7.14. The van der Waals surface area contributed by atoms with Crippen molar-refractivity contribution in [2.75, 3.05) is 31.1 Å². The summed E-state index contributed by atoms with van der Waals surface area (Å²) in [5, 5.41) is 10.0. The minimum absolute atomic E-state index is 0. The molecule has 41 heavy (non-hydrogen) atoms. The molecule has 2 aliphatic heterocycles. The van der Waals surface area contributed by atoms with Crippen LogP contribution in [-0.2, 0) is 10.2 Å². The molecule has 0 aromatic heterocycles. The molecule has 5 rings (SSSR count). The van der Waals surface area contributed by atoms with Crippen molar-refractivity contribution in [1.82, 2.24) is 4.58 Å². The van der Waals surface area contributed by atoms with Gasteiger partial charge in [-0.1, -0.05) is 13.8 Å². The number of halogens is 1. The van der Waals surface area contributed by atoms with E-state index in [1.54, 1.807) is 0 Å². The maximum absolute atomic E-state index is 10.8. The van der Waals surface area contributed by atoms with Crippen LogP contribution in [0.5, 0.6) is 5.75 Å². The summed E-state index contributed by atoms with van der Waals surface area (Å²) in [6, 6.07) is 15.2. The normalized spacial score (nSPS) is 15.3. The molecule has 0 radical (unpaired) electrons. The van der Waals surface area contributed by atoms with Gasteiger partial charge in [-0.05, 0) is 64.0 Å². The lowest BCUT2D eigenvalue weighted by molar-refractivity contribution is -0.137. The quantitative estimate of drug-likeness (QED) is 0.294. The van der Waals surface area contributed by atoms with Gasteiger partial charge in [0.1, 0.15) is 36.1 Å². The molecule has 0 fully saturated rings. The summed E-state index contributed by atoms with van der Waals surface area (Å²) in [7, 11) is 0. The number of nitrogens with zero attached hydrogens (tertiary/aromatic N) is 2. The van der Waals surface area contributed by atoms with Crippen LogP contribution < -0.4 is 32.0 Å². The monoisotopic (exact) mass is 576 g/mol. The predicted molar refractivity (Wildman–Crippen MR) is 162 cm³/mol. The van der Waals surface area contributed by atoms with Crippen molar-refractivity contribution >= 4 is 23.8 Å². The Labute approximate surface area is 249 Å². The van der Waals surface area contributed by atoms with Gasteiger partial charge in [-0.15, -0.1) is 0 Å². The van der Waals surface area contributed by atoms with E-state index in [0.29, 0.717) is 0 Å². The van der Waals surface area contributed by atoms with E-state index >= 15 is 0 Å². The highest BCUT2D eigenvalue weighted by molar-refractivity contribution is 5.80. The lowest BCUT2D eigenvalue weighted by Gasteiger charge is -2.37. The molecule has 0 unspecified atom stereocenters. The van der Waals surface area contributed by atoms with Gasteiger partial charge in [0.15, 0.2) is 0 Å². The van der Waals surface area contributed by atoms with Gasteiger partial charge in [-0.25, -0.2) is 4.58 Å². The Morgan fingerprint density at radius 2 is 1.76 bits per heavy atom. The Hall–Kier alpha value is -3.51. The van der Waals surface area contributed by atoms with Crippen LogP contribution in [0.25, 0.3) is 23.5 Å². The lowest BCUT2D eigenvalue weighted by atomic mass is 9.71. The van der Waals surface area contributed by atoms with Gasteiger partial charge in [-0.2, -0.15) is 0 Å². The molecule has 218 valence electrons. The van der Waals surface area contributed by atoms with E-state index in [1.165, 1.54) is 5.69 Å². The Morgan fingerprint density at radius 3 is 2.46 bits per heavy atom. The number of anilines is 1. The molecule has 0 atom stereocenters. The number of rotatable bonds is 10. The highest BCUT2D eigenvalue weighted by Crippen LogP contribution is 2.49. The summed E-state index contributed by atoms with van der Waals surface area (Å²) in [5.74, 6) is 2.68. The summed E-state index contributed by atoms with van der Waals surface area (Å²) in [4.78, 5) is 13.1. The van der Waals surface area contributed by atoms with Crippen LogP contribution in [0.1, 0.15) is 77.2 Å². The van der Waals surface area contributed by atoms with Gasteiger partial charge >= 0.3 is 5.97 Å². The van der Waals surface area contributed by atoms with Crippen LogP contribution in [0.3, 0.4) is 0 Å². The van der Waals surface area contributed by atoms with Gasteiger partial charge in [0.25, 0.3) is 0 Å².